The zero-order chi connectivity index (χ0) is 18.2. The molecule has 0 radical (unpaired) electrons. The number of rotatable bonds is 3. The molecular formula is C16H24N6O2S. The largest absolute Gasteiger partial charge is 0.339 e. The molecule has 25 heavy (non-hydrogen) atoms. The Morgan fingerprint density at radius 1 is 0.960 bits per heavy atom. The van der Waals surface area contributed by atoms with Crippen molar-refractivity contribution in [1.82, 2.24) is 24.1 Å². The fourth-order valence-corrected chi connectivity index (χ4v) is 3.95. The average molecular weight is 364 g/mol. The Balaban J connectivity index is 1.89. The van der Waals surface area contributed by atoms with Crippen molar-refractivity contribution in [3.8, 4) is 5.82 Å². The van der Waals surface area contributed by atoms with Gasteiger partial charge in [0.2, 0.25) is 16.0 Å². The predicted molar refractivity (Wildman–Crippen MR) is 96.6 cm³/mol. The summed E-state index contributed by atoms with van der Waals surface area (Å²) in [5.74, 6) is 1.36. The third kappa shape index (κ3) is 3.98. The highest BCUT2D eigenvalue weighted by Crippen LogP contribution is 2.17. The molecule has 0 spiro atoms. The number of hydrogen-bond donors (Lipinski definition) is 0. The summed E-state index contributed by atoms with van der Waals surface area (Å²) >= 11 is 0. The van der Waals surface area contributed by atoms with Gasteiger partial charge in [0, 0.05) is 43.6 Å². The highest BCUT2D eigenvalue weighted by molar-refractivity contribution is 7.88. The summed E-state index contributed by atoms with van der Waals surface area (Å²) in [5.41, 5.74) is 2.81. The molecule has 3 rings (SSSR count). The van der Waals surface area contributed by atoms with E-state index in [4.69, 9.17) is 0 Å². The Hall–Kier alpha value is -2.00. The molecule has 0 unspecified atom stereocenters. The third-order valence-corrected chi connectivity index (χ3v) is 5.57. The van der Waals surface area contributed by atoms with E-state index in [1.165, 1.54) is 10.6 Å². The van der Waals surface area contributed by atoms with Gasteiger partial charge in [0.15, 0.2) is 5.82 Å². The number of anilines is 1. The van der Waals surface area contributed by atoms with E-state index in [1.54, 1.807) is 0 Å². The molecule has 1 saturated heterocycles. The van der Waals surface area contributed by atoms with Crippen LogP contribution in [0, 0.1) is 20.8 Å². The summed E-state index contributed by atoms with van der Waals surface area (Å²) in [7, 11) is -3.17. The van der Waals surface area contributed by atoms with Crippen molar-refractivity contribution in [3.05, 3.63) is 29.2 Å². The standard InChI is InChI=1S/C16H24N6O2S/c1-12-11-15(22-14(3)10-13(2)19-22)18-16(17-12)20-6-5-7-21(9-8-20)25(4,23)24/h10-11H,5-9H2,1-4H3. The molecule has 0 N–H and O–H groups in total. The first kappa shape index (κ1) is 17.8. The fraction of sp³-hybridized carbons (Fsp3) is 0.562. The molecule has 0 bridgehead atoms. The van der Waals surface area contributed by atoms with Crippen LogP contribution in [0.2, 0.25) is 0 Å². The van der Waals surface area contributed by atoms with Gasteiger partial charge in [0.05, 0.1) is 11.9 Å². The van der Waals surface area contributed by atoms with Crippen molar-refractivity contribution in [2.75, 3.05) is 37.3 Å². The average Bonchev–Trinajstić information content (AvgIpc) is 2.73. The van der Waals surface area contributed by atoms with Crippen LogP contribution >= 0.6 is 0 Å². The van der Waals surface area contributed by atoms with Crippen molar-refractivity contribution < 1.29 is 8.42 Å². The Morgan fingerprint density at radius 2 is 1.72 bits per heavy atom. The van der Waals surface area contributed by atoms with Crippen LogP contribution in [0.25, 0.3) is 5.82 Å². The van der Waals surface area contributed by atoms with Crippen molar-refractivity contribution in [2.45, 2.75) is 27.2 Å². The minimum atomic E-state index is -3.17. The van der Waals surface area contributed by atoms with Crippen LogP contribution in [0.3, 0.4) is 0 Å². The Kier molecular flexibility index (Phi) is 4.79. The molecule has 0 atom stereocenters. The summed E-state index contributed by atoms with van der Waals surface area (Å²) in [5, 5.41) is 4.49. The molecule has 0 aromatic carbocycles. The lowest BCUT2D eigenvalue weighted by Crippen LogP contribution is -2.35. The number of nitrogens with zero attached hydrogens (tertiary/aromatic N) is 6. The van der Waals surface area contributed by atoms with Gasteiger partial charge in [-0.2, -0.15) is 10.1 Å². The molecule has 3 heterocycles. The SMILES string of the molecule is Cc1cc(-n2nc(C)cc2C)nc(N2CCCN(S(C)(=O)=O)CC2)n1. The van der Waals surface area contributed by atoms with Crippen molar-refractivity contribution in [3.63, 3.8) is 0 Å². The minimum Gasteiger partial charge on any atom is -0.339 e. The highest BCUT2D eigenvalue weighted by Gasteiger charge is 2.23. The van der Waals surface area contributed by atoms with Crippen molar-refractivity contribution >= 4 is 16.0 Å². The lowest BCUT2D eigenvalue weighted by molar-refractivity contribution is 0.437. The normalized spacial score (nSPS) is 16.9. The number of aryl methyl sites for hydroxylation is 3. The van der Waals surface area contributed by atoms with E-state index < -0.39 is 10.0 Å². The van der Waals surface area contributed by atoms with Crippen LogP contribution < -0.4 is 4.90 Å². The number of sulfonamides is 1. The molecule has 2 aromatic heterocycles. The molecule has 1 fully saturated rings. The maximum absolute atomic E-state index is 11.8. The van der Waals surface area contributed by atoms with Gasteiger partial charge in [0.1, 0.15) is 0 Å². The third-order valence-electron chi connectivity index (χ3n) is 4.26. The maximum Gasteiger partial charge on any atom is 0.227 e. The topological polar surface area (TPSA) is 84.2 Å². The second-order valence-electron chi connectivity index (χ2n) is 6.51. The molecule has 0 amide bonds. The van der Waals surface area contributed by atoms with Crippen molar-refractivity contribution in [1.29, 1.82) is 0 Å². The van der Waals surface area contributed by atoms with Crippen LogP contribution in [0.5, 0.6) is 0 Å². The molecule has 1 aliphatic rings. The first-order valence-corrected chi connectivity index (χ1v) is 10.2. The van der Waals surface area contributed by atoms with Gasteiger partial charge in [-0.05, 0) is 33.3 Å². The molecule has 0 saturated carbocycles. The molecule has 8 nitrogen and oxygen atoms in total. The van der Waals surface area contributed by atoms with Crippen LogP contribution in [0.15, 0.2) is 12.1 Å². The summed E-state index contributed by atoms with van der Waals surface area (Å²) in [6.07, 6.45) is 2.01. The van der Waals surface area contributed by atoms with Gasteiger partial charge < -0.3 is 4.90 Å². The van der Waals surface area contributed by atoms with Gasteiger partial charge in [-0.1, -0.05) is 0 Å². The van der Waals surface area contributed by atoms with Gasteiger partial charge in [-0.15, -0.1) is 0 Å². The van der Waals surface area contributed by atoms with E-state index in [9.17, 15) is 8.42 Å². The number of aromatic nitrogens is 4. The summed E-state index contributed by atoms with van der Waals surface area (Å²) in [4.78, 5) is 11.3. The van der Waals surface area contributed by atoms with Gasteiger partial charge in [-0.3, -0.25) is 0 Å². The van der Waals surface area contributed by atoms with Gasteiger partial charge in [-0.25, -0.2) is 22.4 Å². The lowest BCUT2D eigenvalue weighted by atomic mass is 10.4. The predicted octanol–water partition coefficient (Wildman–Crippen LogP) is 1.06. The van der Waals surface area contributed by atoms with Gasteiger partial charge in [0.25, 0.3) is 0 Å². The fourth-order valence-electron chi connectivity index (χ4n) is 3.07. The zero-order valence-electron chi connectivity index (χ0n) is 15.1. The monoisotopic (exact) mass is 364 g/mol. The molecule has 2 aromatic rings. The molecule has 1 aliphatic heterocycles. The first-order valence-electron chi connectivity index (χ1n) is 8.33. The van der Waals surface area contributed by atoms with E-state index >= 15 is 0 Å². The minimum absolute atomic E-state index is 0.450. The maximum atomic E-state index is 11.8. The second kappa shape index (κ2) is 6.72. The van der Waals surface area contributed by atoms with Crippen molar-refractivity contribution in [2.24, 2.45) is 0 Å². The van der Waals surface area contributed by atoms with Crippen LogP contribution in [0.4, 0.5) is 5.95 Å². The number of hydrogen-bond acceptors (Lipinski definition) is 6. The van der Waals surface area contributed by atoms with Crippen LogP contribution in [-0.2, 0) is 10.0 Å². The molecule has 0 aliphatic carbocycles. The quantitative estimate of drug-likeness (QED) is 0.810. The molecular weight excluding hydrogens is 340 g/mol. The first-order chi connectivity index (χ1) is 11.7. The molecule has 136 valence electrons. The van der Waals surface area contributed by atoms with E-state index in [-0.39, 0.29) is 0 Å². The Labute approximate surface area is 148 Å². The zero-order valence-corrected chi connectivity index (χ0v) is 15.9. The highest BCUT2D eigenvalue weighted by atomic mass is 32.2. The summed E-state index contributed by atoms with van der Waals surface area (Å²) in [6, 6.07) is 3.91. The van der Waals surface area contributed by atoms with E-state index in [2.05, 4.69) is 15.1 Å². The van der Waals surface area contributed by atoms with Crippen LogP contribution in [0.1, 0.15) is 23.5 Å². The van der Waals surface area contributed by atoms with E-state index in [1.807, 2.05) is 42.5 Å². The summed E-state index contributed by atoms with van der Waals surface area (Å²) < 4.78 is 26.9. The Bertz CT molecular complexity index is 877. The summed E-state index contributed by atoms with van der Waals surface area (Å²) in [6.45, 7) is 8.16. The smallest absolute Gasteiger partial charge is 0.227 e. The van der Waals surface area contributed by atoms with E-state index in [0.29, 0.717) is 25.6 Å². The lowest BCUT2D eigenvalue weighted by Gasteiger charge is -2.21. The van der Waals surface area contributed by atoms with Gasteiger partial charge >= 0.3 is 0 Å². The Morgan fingerprint density at radius 3 is 2.36 bits per heavy atom. The molecule has 9 heteroatoms. The van der Waals surface area contributed by atoms with Crippen LogP contribution in [-0.4, -0.2) is 64.9 Å². The van der Waals surface area contributed by atoms with E-state index in [0.717, 1.165) is 35.9 Å². The second-order valence-corrected chi connectivity index (χ2v) is 8.49.